The van der Waals surface area contributed by atoms with E-state index < -0.39 is 0 Å². The van der Waals surface area contributed by atoms with Gasteiger partial charge in [0.25, 0.3) is 0 Å². The van der Waals surface area contributed by atoms with Crippen molar-refractivity contribution in [2.45, 2.75) is 19.3 Å². The average Bonchev–Trinajstić information content (AvgIpc) is 2.70. The van der Waals surface area contributed by atoms with E-state index in [1.165, 1.54) is 0 Å². The van der Waals surface area contributed by atoms with Gasteiger partial charge in [-0.3, -0.25) is 4.98 Å². The molecule has 0 spiro atoms. The molecule has 0 bridgehead atoms. The van der Waals surface area contributed by atoms with Crippen LogP contribution < -0.4 is 10.2 Å². The van der Waals surface area contributed by atoms with Gasteiger partial charge in [-0.1, -0.05) is 6.07 Å². The fourth-order valence-corrected chi connectivity index (χ4v) is 3.25. The predicted octanol–water partition coefficient (Wildman–Crippen LogP) is 2.86. The number of hydrogen-bond donors (Lipinski definition) is 1. The summed E-state index contributed by atoms with van der Waals surface area (Å²) < 4.78 is 0. The van der Waals surface area contributed by atoms with Crippen molar-refractivity contribution in [1.82, 2.24) is 24.9 Å². The zero-order valence-electron chi connectivity index (χ0n) is 14.5. The van der Waals surface area contributed by atoms with Gasteiger partial charge in [-0.25, -0.2) is 19.9 Å². The molecule has 0 saturated carbocycles. The van der Waals surface area contributed by atoms with Crippen LogP contribution >= 0.6 is 0 Å². The number of pyridine rings is 1. The van der Waals surface area contributed by atoms with E-state index in [0.717, 1.165) is 49.8 Å². The van der Waals surface area contributed by atoms with Crippen molar-refractivity contribution >= 4 is 17.6 Å². The Bertz CT molecular complexity index is 818. The number of nitrogens with one attached hydrogen (secondary N) is 1. The van der Waals surface area contributed by atoms with Crippen LogP contribution in [0.15, 0.2) is 55.2 Å². The zero-order chi connectivity index (χ0) is 17.6. The fourth-order valence-electron chi connectivity index (χ4n) is 3.25. The van der Waals surface area contributed by atoms with Gasteiger partial charge < -0.3 is 10.2 Å². The van der Waals surface area contributed by atoms with Gasteiger partial charge in [-0.2, -0.15) is 0 Å². The third kappa shape index (κ3) is 4.11. The van der Waals surface area contributed by atoms with Gasteiger partial charge in [-0.05, 0) is 43.4 Å². The van der Waals surface area contributed by atoms with Crippen LogP contribution in [-0.4, -0.2) is 38.0 Å². The minimum absolute atomic E-state index is 0.634. The normalized spacial score (nSPS) is 15.0. The van der Waals surface area contributed by atoms with Gasteiger partial charge in [0.15, 0.2) is 0 Å². The summed E-state index contributed by atoms with van der Waals surface area (Å²) in [4.78, 5) is 24.0. The zero-order valence-corrected chi connectivity index (χ0v) is 14.5. The summed E-state index contributed by atoms with van der Waals surface area (Å²) in [5, 5.41) is 3.20. The first-order valence-corrected chi connectivity index (χ1v) is 8.88. The SMILES string of the molecule is c1cnc(N2CCC(Cc3cccc(Nc4cnccn4)n3)CC2)nc1. The summed E-state index contributed by atoms with van der Waals surface area (Å²) >= 11 is 0. The fraction of sp³-hybridized carbons (Fsp3) is 0.316. The van der Waals surface area contributed by atoms with Gasteiger partial charge in [0.2, 0.25) is 5.95 Å². The quantitative estimate of drug-likeness (QED) is 0.760. The number of piperidine rings is 1. The van der Waals surface area contributed by atoms with Crippen LogP contribution in [0.5, 0.6) is 0 Å². The molecule has 0 unspecified atom stereocenters. The van der Waals surface area contributed by atoms with Crippen LogP contribution in [0.1, 0.15) is 18.5 Å². The molecule has 0 aromatic carbocycles. The second-order valence-corrected chi connectivity index (χ2v) is 6.41. The summed E-state index contributed by atoms with van der Waals surface area (Å²) in [6, 6.07) is 7.93. The highest BCUT2D eigenvalue weighted by Gasteiger charge is 2.21. The van der Waals surface area contributed by atoms with Crippen molar-refractivity contribution in [2.24, 2.45) is 5.92 Å². The van der Waals surface area contributed by atoms with Crippen molar-refractivity contribution in [2.75, 3.05) is 23.3 Å². The molecule has 1 saturated heterocycles. The molecule has 1 N–H and O–H groups in total. The number of hydrogen-bond acceptors (Lipinski definition) is 7. The number of aromatic nitrogens is 5. The van der Waals surface area contributed by atoms with Crippen molar-refractivity contribution in [3.63, 3.8) is 0 Å². The Morgan fingerprint density at radius 2 is 1.77 bits per heavy atom. The molecule has 1 fully saturated rings. The molecule has 0 atom stereocenters. The maximum absolute atomic E-state index is 4.72. The van der Waals surface area contributed by atoms with E-state index in [-0.39, 0.29) is 0 Å². The van der Waals surface area contributed by atoms with Crippen LogP contribution in [0.25, 0.3) is 0 Å². The Morgan fingerprint density at radius 1 is 0.923 bits per heavy atom. The van der Waals surface area contributed by atoms with Gasteiger partial charge >= 0.3 is 0 Å². The van der Waals surface area contributed by atoms with E-state index in [1.807, 2.05) is 18.2 Å². The summed E-state index contributed by atoms with van der Waals surface area (Å²) in [6.07, 6.45) is 11.8. The average molecular weight is 347 g/mol. The smallest absolute Gasteiger partial charge is 0.225 e. The molecule has 4 heterocycles. The molecule has 7 nitrogen and oxygen atoms in total. The van der Waals surface area contributed by atoms with Crippen LogP contribution in [-0.2, 0) is 6.42 Å². The Kier molecular flexibility index (Phi) is 4.95. The molecule has 3 aromatic rings. The van der Waals surface area contributed by atoms with E-state index in [1.54, 1.807) is 31.0 Å². The molecular weight excluding hydrogens is 326 g/mol. The lowest BCUT2D eigenvalue weighted by Gasteiger charge is -2.31. The molecular formula is C19H21N7. The minimum Gasteiger partial charge on any atom is -0.341 e. The highest BCUT2D eigenvalue weighted by molar-refractivity contribution is 5.50. The highest BCUT2D eigenvalue weighted by atomic mass is 15.2. The molecule has 7 heteroatoms. The lowest BCUT2D eigenvalue weighted by molar-refractivity contribution is 0.397. The first kappa shape index (κ1) is 16.4. The second-order valence-electron chi connectivity index (χ2n) is 6.41. The maximum Gasteiger partial charge on any atom is 0.225 e. The predicted molar refractivity (Wildman–Crippen MR) is 100 cm³/mol. The first-order valence-electron chi connectivity index (χ1n) is 8.88. The Balaban J connectivity index is 1.34. The Morgan fingerprint density at radius 3 is 2.54 bits per heavy atom. The first-order chi connectivity index (χ1) is 12.9. The van der Waals surface area contributed by atoms with Gasteiger partial charge in [0.05, 0.1) is 6.20 Å². The van der Waals surface area contributed by atoms with Gasteiger partial charge in [0, 0.05) is 43.6 Å². The van der Waals surface area contributed by atoms with Crippen LogP contribution in [0, 0.1) is 5.92 Å². The van der Waals surface area contributed by atoms with E-state index in [0.29, 0.717) is 11.7 Å². The van der Waals surface area contributed by atoms with Crippen LogP contribution in [0.4, 0.5) is 17.6 Å². The van der Waals surface area contributed by atoms with E-state index in [2.05, 4.69) is 36.2 Å². The molecule has 4 rings (SSSR count). The van der Waals surface area contributed by atoms with Crippen molar-refractivity contribution < 1.29 is 0 Å². The molecule has 3 aromatic heterocycles. The van der Waals surface area contributed by atoms with Gasteiger partial charge in [0.1, 0.15) is 11.6 Å². The lowest BCUT2D eigenvalue weighted by Crippen LogP contribution is -2.35. The number of rotatable bonds is 5. The van der Waals surface area contributed by atoms with Crippen molar-refractivity contribution in [1.29, 1.82) is 0 Å². The topological polar surface area (TPSA) is 79.7 Å². The monoisotopic (exact) mass is 347 g/mol. The molecule has 0 aliphatic carbocycles. The number of anilines is 3. The standard InChI is InChI=1S/C19H21N7/c1-3-16(24-17(4-1)25-18-14-20-9-10-21-18)13-15-5-11-26(12-6-15)19-22-7-2-8-23-19/h1-4,7-10,14-15H,5-6,11-13H2,(H,21,24,25). The van der Waals surface area contributed by atoms with E-state index >= 15 is 0 Å². The maximum atomic E-state index is 4.72. The summed E-state index contributed by atoms with van der Waals surface area (Å²) in [6.45, 7) is 1.98. The molecule has 0 amide bonds. The molecule has 1 aliphatic rings. The summed E-state index contributed by atoms with van der Waals surface area (Å²) in [7, 11) is 0. The summed E-state index contributed by atoms with van der Waals surface area (Å²) in [5.74, 6) is 2.97. The third-order valence-corrected chi connectivity index (χ3v) is 4.57. The molecule has 0 radical (unpaired) electrons. The Hall–Kier alpha value is -3.09. The van der Waals surface area contributed by atoms with Crippen molar-refractivity contribution in [3.05, 3.63) is 60.9 Å². The summed E-state index contributed by atoms with van der Waals surface area (Å²) in [5.41, 5.74) is 1.10. The van der Waals surface area contributed by atoms with Crippen molar-refractivity contribution in [3.8, 4) is 0 Å². The number of nitrogens with zero attached hydrogens (tertiary/aromatic N) is 6. The third-order valence-electron chi connectivity index (χ3n) is 4.57. The van der Waals surface area contributed by atoms with Gasteiger partial charge in [-0.15, -0.1) is 0 Å². The minimum atomic E-state index is 0.634. The van der Waals surface area contributed by atoms with E-state index in [9.17, 15) is 0 Å². The Labute approximate surface area is 152 Å². The van der Waals surface area contributed by atoms with Crippen LogP contribution in [0.3, 0.4) is 0 Å². The lowest BCUT2D eigenvalue weighted by atomic mass is 9.92. The molecule has 26 heavy (non-hydrogen) atoms. The van der Waals surface area contributed by atoms with E-state index in [4.69, 9.17) is 4.98 Å². The second kappa shape index (κ2) is 7.86. The highest BCUT2D eigenvalue weighted by Crippen LogP contribution is 2.23. The van der Waals surface area contributed by atoms with Crippen LogP contribution in [0.2, 0.25) is 0 Å². The molecule has 1 aliphatic heterocycles. The largest absolute Gasteiger partial charge is 0.341 e. The molecule has 132 valence electrons.